The zero-order valence-electron chi connectivity index (χ0n) is 12.2. The summed E-state index contributed by atoms with van der Waals surface area (Å²) in [6.07, 6.45) is 2.13. The Balaban J connectivity index is 2.00. The van der Waals surface area contributed by atoms with Crippen LogP contribution in [0.1, 0.15) is 26.7 Å². The van der Waals surface area contributed by atoms with E-state index in [2.05, 4.69) is 18.7 Å². The van der Waals surface area contributed by atoms with Crippen LogP contribution in [0, 0.1) is 5.41 Å². The Morgan fingerprint density at radius 3 is 2.79 bits per heavy atom. The van der Waals surface area contributed by atoms with E-state index >= 15 is 0 Å². The van der Waals surface area contributed by atoms with Crippen LogP contribution in [-0.4, -0.2) is 67.7 Å². The van der Waals surface area contributed by atoms with Gasteiger partial charge in [0.05, 0.1) is 24.9 Å². The Kier molecular flexibility index (Phi) is 4.84. The minimum atomic E-state index is -0.211. The molecule has 2 fully saturated rings. The summed E-state index contributed by atoms with van der Waals surface area (Å²) in [7, 11) is 0. The zero-order valence-corrected chi connectivity index (χ0v) is 12.2. The second-order valence-electron chi connectivity index (χ2n) is 6.71. The molecule has 0 aromatic heterocycles. The number of aliphatic hydroxyl groups excluding tert-OH is 1. The molecule has 5 heteroatoms. The van der Waals surface area contributed by atoms with Gasteiger partial charge in [-0.25, -0.2) is 0 Å². The fraction of sp³-hybridized carbons (Fsp3) is 1.00. The van der Waals surface area contributed by atoms with Crippen LogP contribution < -0.4 is 5.73 Å². The molecular weight excluding hydrogens is 244 g/mol. The van der Waals surface area contributed by atoms with Crippen molar-refractivity contribution in [2.45, 2.75) is 38.4 Å². The van der Waals surface area contributed by atoms with E-state index in [4.69, 9.17) is 15.2 Å². The summed E-state index contributed by atoms with van der Waals surface area (Å²) in [4.78, 5) is 2.38. The number of hydrogen-bond donors (Lipinski definition) is 2. The molecule has 0 aromatic carbocycles. The van der Waals surface area contributed by atoms with E-state index in [9.17, 15) is 5.11 Å². The Hall–Kier alpha value is -0.200. The maximum atomic E-state index is 9.37. The molecular formula is C14H28N2O3. The van der Waals surface area contributed by atoms with Gasteiger partial charge in [0.1, 0.15) is 0 Å². The number of morpholine rings is 1. The van der Waals surface area contributed by atoms with Gasteiger partial charge in [0.25, 0.3) is 0 Å². The van der Waals surface area contributed by atoms with E-state index in [1.807, 2.05) is 0 Å². The van der Waals surface area contributed by atoms with Gasteiger partial charge in [-0.2, -0.15) is 0 Å². The lowest BCUT2D eigenvalue weighted by molar-refractivity contribution is -0.158. The average Bonchev–Trinajstić information content (AvgIpc) is 2.38. The number of rotatable bonds is 4. The van der Waals surface area contributed by atoms with Crippen molar-refractivity contribution in [1.82, 2.24) is 4.90 Å². The largest absolute Gasteiger partial charge is 0.394 e. The summed E-state index contributed by atoms with van der Waals surface area (Å²) in [5.74, 6) is 0. The molecule has 0 amide bonds. The second kappa shape index (κ2) is 6.06. The maximum Gasteiger partial charge on any atom is 0.0940 e. The van der Waals surface area contributed by atoms with Crippen LogP contribution in [0.4, 0.5) is 0 Å². The van der Waals surface area contributed by atoms with E-state index in [0.717, 1.165) is 45.7 Å². The predicted octanol–water partition coefficient (Wildman–Crippen LogP) is 0.214. The molecule has 2 aliphatic heterocycles. The average molecular weight is 272 g/mol. The first-order chi connectivity index (χ1) is 8.99. The van der Waals surface area contributed by atoms with E-state index in [0.29, 0.717) is 6.54 Å². The van der Waals surface area contributed by atoms with Gasteiger partial charge < -0.3 is 20.3 Å². The Morgan fingerprint density at radius 1 is 1.42 bits per heavy atom. The van der Waals surface area contributed by atoms with Crippen molar-refractivity contribution in [2.24, 2.45) is 11.1 Å². The van der Waals surface area contributed by atoms with Crippen LogP contribution >= 0.6 is 0 Å². The smallest absolute Gasteiger partial charge is 0.0940 e. The zero-order chi connectivity index (χ0) is 13.9. The van der Waals surface area contributed by atoms with Gasteiger partial charge in [-0.05, 0) is 26.7 Å². The minimum Gasteiger partial charge on any atom is -0.394 e. The van der Waals surface area contributed by atoms with E-state index in [1.165, 1.54) is 0 Å². The molecule has 0 saturated carbocycles. The normalized spacial score (nSPS) is 36.3. The van der Waals surface area contributed by atoms with E-state index in [-0.39, 0.29) is 23.7 Å². The van der Waals surface area contributed by atoms with Crippen molar-refractivity contribution in [2.75, 3.05) is 46.0 Å². The molecule has 0 spiro atoms. The van der Waals surface area contributed by atoms with Crippen molar-refractivity contribution in [3.8, 4) is 0 Å². The van der Waals surface area contributed by atoms with Gasteiger partial charge in [-0.3, -0.25) is 4.90 Å². The molecule has 2 atom stereocenters. The third kappa shape index (κ3) is 3.89. The molecule has 0 bridgehead atoms. The molecule has 0 aliphatic carbocycles. The molecule has 112 valence electrons. The van der Waals surface area contributed by atoms with Gasteiger partial charge >= 0.3 is 0 Å². The van der Waals surface area contributed by atoms with Gasteiger partial charge in [0, 0.05) is 38.2 Å². The summed E-state index contributed by atoms with van der Waals surface area (Å²) < 4.78 is 11.5. The van der Waals surface area contributed by atoms with E-state index < -0.39 is 0 Å². The fourth-order valence-corrected chi connectivity index (χ4v) is 3.37. The quantitative estimate of drug-likeness (QED) is 0.766. The summed E-state index contributed by atoms with van der Waals surface area (Å²) in [6, 6.07) is 0. The van der Waals surface area contributed by atoms with Crippen LogP contribution in [0.5, 0.6) is 0 Å². The highest BCUT2D eigenvalue weighted by Crippen LogP contribution is 2.31. The summed E-state index contributed by atoms with van der Waals surface area (Å²) in [6.45, 7) is 9.10. The standard InChI is InChI=1S/C14H28N2O3/c1-13(2)9-16(6-12(7-17)19-13)10-14(8-15)4-3-5-18-11-14/h12,17H,3-11,15H2,1-2H3. The molecule has 0 radical (unpaired) electrons. The number of hydrogen-bond acceptors (Lipinski definition) is 5. The third-order valence-electron chi connectivity index (χ3n) is 4.15. The third-order valence-corrected chi connectivity index (χ3v) is 4.15. The monoisotopic (exact) mass is 272 g/mol. The van der Waals surface area contributed by atoms with Crippen molar-refractivity contribution in [3.63, 3.8) is 0 Å². The lowest BCUT2D eigenvalue weighted by Crippen LogP contribution is -2.58. The lowest BCUT2D eigenvalue weighted by atomic mass is 9.81. The lowest BCUT2D eigenvalue weighted by Gasteiger charge is -2.47. The summed E-state index contributed by atoms with van der Waals surface area (Å²) in [5, 5.41) is 9.37. The Bertz CT molecular complexity index is 290. The van der Waals surface area contributed by atoms with Crippen molar-refractivity contribution < 1.29 is 14.6 Å². The number of nitrogens with zero attached hydrogens (tertiary/aromatic N) is 1. The van der Waals surface area contributed by atoms with E-state index in [1.54, 1.807) is 0 Å². The van der Waals surface area contributed by atoms with Gasteiger partial charge in [-0.1, -0.05) is 0 Å². The molecule has 0 aromatic rings. The first kappa shape index (κ1) is 15.2. The molecule has 2 saturated heterocycles. The molecule has 19 heavy (non-hydrogen) atoms. The Morgan fingerprint density at radius 2 is 2.21 bits per heavy atom. The van der Waals surface area contributed by atoms with Crippen molar-refractivity contribution in [3.05, 3.63) is 0 Å². The minimum absolute atomic E-state index is 0.0751. The fourth-order valence-electron chi connectivity index (χ4n) is 3.37. The maximum absolute atomic E-state index is 9.37. The van der Waals surface area contributed by atoms with Crippen LogP contribution in [0.15, 0.2) is 0 Å². The summed E-state index contributed by atoms with van der Waals surface area (Å²) in [5.41, 5.74) is 5.87. The molecule has 2 aliphatic rings. The van der Waals surface area contributed by atoms with Gasteiger partial charge in [-0.15, -0.1) is 0 Å². The highest BCUT2D eigenvalue weighted by Gasteiger charge is 2.39. The summed E-state index contributed by atoms with van der Waals surface area (Å²) >= 11 is 0. The highest BCUT2D eigenvalue weighted by molar-refractivity contribution is 4.91. The topological polar surface area (TPSA) is 68.0 Å². The number of nitrogens with two attached hydrogens (primary N) is 1. The first-order valence-electron chi connectivity index (χ1n) is 7.27. The van der Waals surface area contributed by atoms with Gasteiger partial charge in [0.15, 0.2) is 0 Å². The first-order valence-corrected chi connectivity index (χ1v) is 7.27. The van der Waals surface area contributed by atoms with Crippen LogP contribution in [0.2, 0.25) is 0 Å². The number of ether oxygens (including phenoxy) is 2. The molecule has 2 rings (SSSR count). The SMILES string of the molecule is CC1(C)CN(CC2(CN)CCCOC2)CC(CO)O1. The molecule has 2 unspecified atom stereocenters. The van der Waals surface area contributed by atoms with Crippen LogP contribution in [0.25, 0.3) is 0 Å². The Labute approximate surface area is 116 Å². The highest BCUT2D eigenvalue weighted by atomic mass is 16.5. The second-order valence-corrected chi connectivity index (χ2v) is 6.71. The van der Waals surface area contributed by atoms with Gasteiger partial charge in [0.2, 0.25) is 0 Å². The number of aliphatic hydroxyl groups is 1. The molecule has 2 heterocycles. The molecule has 5 nitrogen and oxygen atoms in total. The molecule has 3 N–H and O–H groups in total. The predicted molar refractivity (Wildman–Crippen MR) is 74.0 cm³/mol. The van der Waals surface area contributed by atoms with Crippen LogP contribution in [0.3, 0.4) is 0 Å². The van der Waals surface area contributed by atoms with Crippen LogP contribution in [-0.2, 0) is 9.47 Å². The van der Waals surface area contributed by atoms with Crippen molar-refractivity contribution >= 4 is 0 Å². The van der Waals surface area contributed by atoms with Crippen molar-refractivity contribution in [1.29, 1.82) is 0 Å².